The molecule has 1 aliphatic rings. The molecule has 1 aliphatic heterocycles. The zero-order valence-corrected chi connectivity index (χ0v) is 21.7. The van der Waals surface area contributed by atoms with E-state index in [-0.39, 0.29) is 17.5 Å². The van der Waals surface area contributed by atoms with Crippen molar-refractivity contribution in [1.82, 2.24) is 9.88 Å². The van der Waals surface area contributed by atoms with Crippen molar-refractivity contribution in [2.75, 3.05) is 20.3 Å². The number of hydrogen-bond donors (Lipinski definition) is 1. The van der Waals surface area contributed by atoms with Crippen molar-refractivity contribution in [1.29, 1.82) is 0 Å². The molecule has 0 saturated heterocycles. The number of Topliss-reactive ketones (excluding diaryl/α,β-unsaturated/α-hetero) is 1. The number of carbonyl (C=O) groups is 2. The largest absolute Gasteiger partial charge is 0.503 e. The monoisotopic (exact) mass is 506 g/mol. The Kier molecular flexibility index (Phi) is 7.86. The fourth-order valence-corrected chi connectivity index (χ4v) is 5.30. The van der Waals surface area contributed by atoms with Gasteiger partial charge in [0, 0.05) is 25.8 Å². The fourth-order valence-electron chi connectivity index (χ4n) is 4.28. The van der Waals surface area contributed by atoms with Crippen molar-refractivity contribution < 1.29 is 24.2 Å². The molecule has 2 heterocycles. The summed E-state index contributed by atoms with van der Waals surface area (Å²) in [6.07, 6.45) is 0.586. The first-order valence-corrected chi connectivity index (χ1v) is 12.7. The Labute approximate surface area is 215 Å². The number of aryl methyl sites for hydroxylation is 1. The highest BCUT2D eigenvalue weighted by molar-refractivity contribution is 7.17. The Hall–Kier alpha value is -3.49. The Morgan fingerprint density at radius 2 is 1.83 bits per heavy atom. The third kappa shape index (κ3) is 5.20. The molecule has 4 rings (SSSR count). The number of carbonyl (C=O) groups excluding carboxylic acids is 2. The molecule has 0 spiro atoms. The van der Waals surface area contributed by atoms with E-state index in [0.717, 1.165) is 11.1 Å². The quantitative estimate of drug-likeness (QED) is 0.288. The van der Waals surface area contributed by atoms with Gasteiger partial charge in [-0.2, -0.15) is 0 Å². The summed E-state index contributed by atoms with van der Waals surface area (Å²) >= 11 is 1.26. The van der Waals surface area contributed by atoms with E-state index >= 15 is 0 Å². The van der Waals surface area contributed by atoms with E-state index in [4.69, 9.17) is 9.47 Å². The molecule has 1 N–H and O–H groups in total. The average Bonchev–Trinajstić information content (AvgIpc) is 3.37. The maximum atomic E-state index is 13.9. The van der Waals surface area contributed by atoms with Crippen LogP contribution in [0.25, 0.3) is 10.6 Å². The molecule has 36 heavy (non-hydrogen) atoms. The molecule has 3 aromatic rings. The van der Waals surface area contributed by atoms with Gasteiger partial charge in [0.15, 0.2) is 5.76 Å². The van der Waals surface area contributed by atoms with Gasteiger partial charge in [-0.3, -0.25) is 9.59 Å². The van der Waals surface area contributed by atoms with Crippen LogP contribution in [0.4, 0.5) is 0 Å². The average molecular weight is 507 g/mol. The fraction of sp³-hybridized carbons (Fsp3) is 0.321. The molecular formula is C28H30N2O5S. The summed E-state index contributed by atoms with van der Waals surface area (Å²) in [5.41, 5.74) is 2.26. The van der Waals surface area contributed by atoms with Crippen molar-refractivity contribution in [2.24, 2.45) is 0 Å². The Bertz CT molecular complexity index is 1260. The molecule has 1 atom stereocenters. The molecule has 0 aliphatic carbocycles. The molecule has 0 saturated carbocycles. The van der Waals surface area contributed by atoms with E-state index in [1.165, 1.54) is 16.2 Å². The number of thiazole rings is 1. The second-order valence-electron chi connectivity index (χ2n) is 8.87. The van der Waals surface area contributed by atoms with E-state index in [1.807, 2.05) is 68.4 Å². The topological polar surface area (TPSA) is 89.0 Å². The summed E-state index contributed by atoms with van der Waals surface area (Å²) in [4.78, 5) is 33.5. The lowest BCUT2D eigenvalue weighted by Crippen LogP contribution is -2.32. The number of aromatic nitrogens is 1. The molecule has 0 bridgehead atoms. The summed E-state index contributed by atoms with van der Waals surface area (Å²) in [6.45, 7) is 6.45. The van der Waals surface area contributed by atoms with Gasteiger partial charge in [-0.05, 0) is 44.9 Å². The Morgan fingerprint density at radius 1 is 1.14 bits per heavy atom. The third-order valence-corrected chi connectivity index (χ3v) is 7.09. The summed E-state index contributed by atoms with van der Waals surface area (Å²) in [5.74, 6) is -0.776. The van der Waals surface area contributed by atoms with Crippen molar-refractivity contribution in [3.8, 4) is 16.3 Å². The number of aliphatic hydroxyl groups is 1. The lowest BCUT2D eigenvalue weighted by Gasteiger charge is -2.27. The van der Waals surface area contributed by atoms with Gasteiger partial charge in [0.1, 0.15) is 10.8 Å². The number of hydrogen-bond acceptors (Lipinski definition) is 7. The summed E-state index contributed by atoms with van der Waals surface area (Å²) in [7, 11) is 1.60. The number of amides is 1. The van der Waals surface area contributed by atoms with E-state index < -0.39 is 17.7 Å². The molecule has 1 amide bonds. The van der Waals surface area contributed by atoms with Gasteiger partial charge in [0.25, 0.3) is 5.91 Å². The molecule has 2 aromatic carbocycles. The first-order valence-electron chi connectivity index (χ1n) is 11.9. The Balaban J connectivity index is 1.73. The van der Waals surface area contributed by atoms with Gasteiger partial charge in [-0.1, -0.05) is 42.5 Å². The van der Waals surface area contributed by atoms with Gasteiger partial charge >= 0.3 is 0 Å². The zero-order valence-electron chi connectivity index (χ0n) is 20.9. The van der Waals surface area contributed by atoms with Crippen molar-refractivity contribution in [3.05, 3.63) is 82.1 Å². The molecule has 1 unspecified atom stereocenters. The van der Waals surface area contributed by atoms with Crippen LogP contribution < -0.4 is 4.74 Å². The van der Waals surface area contributed by atoms with E-state index in [1.54, 1.807) is 14.0 Å². The molecule has 0 fully saturated rings. The highest BCUT2D eigenvalue weighted by Gasteiger charge is 2.44. The zero-order chi connectivity index (χ0) is 25.8. The number of benzene rings is 2. The van der Waals surface area contributed by atoms with E-state index in [9.17, 15) is 14.7 Å². The minimum absolute atomic E-state index is 0.0173. The number of rotatable bonds is 10. The molecule has 188 valence electrons. The standard InChI is InChI=1S/C28H30N2O5S/c1-17(2)35-21-13-11-19(12-14-21)23-22(25(32)28(33)30(23)15-8-16-34-4)24(31)26-18(3)29-27(36-26)20-9-6-5-7-10-20/h5-7,9-14,17,23,32H,8,15-16H2,1-4H3. The molecule has 0 radical (unpaired) electrons. The SMILES string of the molecule is COCCCN1C(=O)C(O)=C(C(=O)c2sc(-c3ccccc3)nc2C)C1c1ccc(OC(C)C)cc1. The van der Waals surface area contributed by atoms with E-state index in [0.29, 0.717) is 40.9 Å². The first-order chi connectivity index (χ1) is 17.3. The van der Waals surface area contributed by atoms with Gasteiger partial charge in [-0.15, -0.1) is 11.3 Å². The lowest BCUT2D eigenvalue weighted by molar-refractivity contribution is -0.129. The highest BCUT2D eigenvalue weighted by Crippen LogP contribution is 2.41. The van der Waals surface area contributed by atoms with Crippen LogP contribution in [0.5, 0.6) is 5.75 Å². The van der Waals surface area contributed by atoms with Crippen LogP contribution in [0.1, 0.15) is 47.2 Å². The van der Waals surface area contributed by atoms with Gasteiger partial charge in [0.05, 0.1) is 28.3 Å². The smallest absolute Gasteiger partial charge is 0.290 e. The number of ketones is 1. The van der Waals surface area contributed by atoms with Crippen LogP contribution >= 0.6 is 11.3 Å². The molecule has 7 nitrogen and oxygen atoms in total. The summed E-state index contributed by atoms with van der Waals surface area (Å²) in [5, 5.41) is 11.6. The van der Waals surface area contributed by atoms with Crippen LogP contribution in [-0.4, -0.2) is 53.0 Å². The van der Waals surface area contributed by atoms with Crippen molar-refractivity contribution >= 4 is 23.0 Å². The maximum absolute atomic E-state index is 13.9. The van der Waals surface area contributed by atoms with Crippen LogP contribution in [0.15, 0.2) is 65.9 Å². The minimum atomic E-state index is -0.725. The third-order valence-electron chi connectivity index (χ3n) is 5.89. The maximum Gasteiger partial charge on any atom is 0.290 e. The number of ether oxygens (including phenoxy) is 2. The van der Waals surface area contributed by atoms with Crippen LogP contribution in [-0.2, 0) is 9.53 Å². The number of nitrogens with zero attached hydrogens (tertiary/aromatic N) is 2. The van der Waals surface area contributed by atoms with Crippen LogP contribution in [0, 0.1) is 6.92 Å². The second-order valence-corrected chi connectivity index (χ2v) is 9.87. The first kappa shape index (κ1) is 25.6. The van der Waals surface area contributed by atoms with Gasteiger partial charge in [-0.25, -0.2) is 4.98 Å². The molecule has 8 heteroatoms. The second kappa shape index (κ2) is 11.1. The minimum Gasteiger partial charge on any atom is -0.503 e. The van der Waals surface area contributed by atoms with Crippen molar-refractivity contribution in [2.45, 2.75) is 39.3 Å². The van der Waals surface area contributed by atoms with Gasteiger partial charge < -0.3 is 19.5 Å². The van der Waals surface area contributed by atoms with Crippen LogP contribution in [0.3, 0.4) is 0 Å². The molecular weight excluding hydrogens is 476 g/mol. The van der Waals surface area contributed by atoms with E-state index in [2.05, 4.69) is 4.98 Å². The predicted octanol–water partition coefficient (Wildman–Crippen LogP) is 5.52. The normalized spacial score (nSPS) is 15.8. The number of methoxy groups -OCH3 is 1. The highest BCUT2D eigenvalue weighted by atomic mass is 32.1. The lowest BCUT2D eigenvalue weighted by atomic mass is 9.95. The van der Waals surface area contributed by atoms with Gasteiger partial charge in [0.2, 0.25) is 5.78 Å². The summed E-state index contributed by atoms with van der Waals surface area (Å²) in [6, 6.07) is 16.2. The Morgan fingerprint density at radius 3 is 2.47 bits per heavy atom. The summed E-state index contributed by atoms with van der Waals surface area (Å²) < 4.78 is 10.9. The predicted molar refractivity (Wildman–Crippen MR) is 139 cm³/mol. The van der Waals surface area contributed by atoms with Crippen molar-refractivity contribution in [3.63, 3.8) is 0 Å². The van der Waals surface area contributed by atoms with Crippen LogP contribution in [0.2, 0.25) is 0 Å². The molecule has 1 aromatic heterocycles. The number of aliphatic hydroxyl groups excluding tert-OH is 1.